The van der Waals surface area contributed by atoms with Crippen LogP contribution in [0.3, 0.4) is 0 Å². The third-order valence-electron chi connectivity index (χ3n) is 0.673. The molecule has 0 aliphatic heterocycles. The van der Waals surface area contributed by atoms with Crippen molar-refractivity contribution in [3.8, 4) is 0 Å². The quantitative estimate of drug-likeness (QED) is 0.611. The van der Waals surface area contributed by atoms with E-state index in [1.54, 1.807) is 7.11 Å². The molecule has 0 atom stereocenters. The average Bonchev–Trinajstić information content (AvgIpc) is 1.65. The molecule has 0 N–H and O–H groups in total. The van der Waals surface area contributed by atoms with Crippen molar-refractivity contribution in [1.29, 1.82) is 0 Å². The average molecular weight is 214 g/mol. The first-order chi connectivity index (χ1) is 3.18. The molecule has 0 radical (unpaired) electrons. The van der Waals surface area contributed by atoms with Gasteiger partial charge in [-0.2, -0.15) is 0 Å². The van der Waals surface area contributed by atoms with Crippen LogP contribution in [0.5, 0.6) is 0 Å². The predicted octanol–water partition coefficient (Wildman–Crippen LogP) is 0.587. The summed E-state index contributed by atoms with van der Waals surface area (Å²) in [5, 5.41) is 0. The molecule has 2 heteroatoms. The summed E-state index contributed by atoms with van der Waals surface area (Å²) < 4.78 is 6.04. The molecule has 0 fully saturated rings. The van der Waals surface area contributed by atoms with Crippen molar-refractivity contribution in [3.05, 3.63) is 0 Å². The molecule has 7 heavy (non-hydrogen) atoms. The second kappa shape index (κ2) is 3.46. The molecular formula is C5H10OTe. The summed E-state index contributed by atoms with van der Waals surface area (Å²) in [6.07, 6.45) is 0. The van der Waals surface area contributed by atoms with Gasteiger partial charge >= 0.3 is 57.2 Å². The van der Waals surface area contributed by atoms with Gasteiger partial charge < -0.3 is 0 Å². The Balaban J connectivity index is 3.35. The predicted molar refractivity (Wildman–Crippen MR) is 32.6 cm³/mol. The van der Waals surface area contributed by atoms with E-state index < -0.39 is 0 Å². The Hall–Kier alpha value is 0.460. The maximum atomic E-state index is 4.93. The molecule has 0 rings (SSSR count). The van der Waals surface area contributed by atoms with Crippen molar-refractivity contribution in [2.24, 2.45) is 5.92 Å². The van der Waals surface area contributed by atoms with Crippen molar-refractivity contribution in [3.63, 3.8) is 0 Å². The fraction of sp³-hybridized carbons (Fsp3) is 0.800. The first-order valence-electron chi connectivity index (χ1n) is 2.26. The summed E-state index contributed by atoms with van der Waals surface area (Å²) >= 11 is 1.92. The van der Waals surface area contributed by atoms with Crippen LogP contribution in [0.4, 0.5) is 0 Å². The molecule has 0 spiro atoms. The third kappa shape index (κ3) is 3.08. The molecule has 42 valence electrons. The Labute approximate surface area is 57.4 Å². The van der Waals surface area contributed by atoms with Gasteiger partial charge in [-0.05, 0) is 0 Å². The fourth-order valence-corrected chi connectivity index (χ4v) is 0.236. The Morgan fingerprint density at radius 1 is 1.57 bits per heavy atom. The molecular weight excluding hydrogens is 204 g/mol. The third-order valence-corrected chi connectivity index (χ3v) is 2.49. The van der Waals surface area contributed by atoms with Crippen LogP contribution < -0.4 is 0 Å². The minimum absolute atomic E-state index is 0.565. The molecule has 0 amide bonds. The van der Waals surface area contributed by atoms with Gasteiger partial charge in [-0.3, -0.25) is 0 Å². The van der Waals surface area contributed by atoms with Crippen LogP contribution in [-0.2, 0) is 4.74 Å². The van der Waals surface area contributed by atoms with Gasteiger partial charge in [0.2, 0.25) is 0 Å². The van der Waals surface area contributed by atoms with Crippen LogP contribution >= 0.6 is 0 Å². The number of methoxy groups -OCH3 is 1. The van der Waals surface area contributed by atoms with Crippen LogP contribution in [0, 0.1) is 5.92 Å². The van der Waals surface area contributed by atoms with E-state index in [2.05, 4.69) is 13.8 Å². The zero-order valence-electron chi connectivity index (χ0n) is 4.89. The van der Waals surface area contributed by atoms with Gasteiger partial charge in [0.1, 0.15) is 0 Å². The van der Waals surface area contributed by atoms with E-state index in [1.807, 2.05) is 21.8 Å². The van der Waals surface area contributed by atoms with E-state index in [4.69, 9.17) is 4.74 Å². The van der Waals surface area contributed by atoms with Gasteiger partial charge in [0.25, 0.3) is 0 Å². The van der Waals surface area contributed by atoms with Gasteiger partial charge in [0, 0.05) is 0 Å². The Kier molecular flexibility index (Phi) is 3.69. The van der Waals surface area contributed by atoms with Crippen molar-refractivity contribution in [2.45, 2.75) is 13.8 Å². The van der Waals surface area contributed by atoms with Crippen LogP contribution in [0.25, 0.3) is 0 Å². The van der Waals surface area contributed by atoms with Crippen LogP contribution in [0.2, 0.25) is 0 Å². The summed E-state index contributed by atoms with van der Waals surface area (Å²) in [5.74, 6) is 0.565. The number of hydrogen-bond donors (Lipinski definition) is 0. The first-order valence-corrected chi connectivity index (χ1v) is 3.43. The van der Waals surface area contributed by atoms with Gasteiger partial charge in [-0.1, -0.05) is 0 Å². The Bertz CT molecular complexity index is 68.5. The molecule has 0 aromatic rings. The normalized spacial score (nSPS) is 9.14. The van der Waals surface area contributed by atoms with Crippen molar-refractivity contribution in [2.75, 3.05) is 7.11 Å². The summed E-state index contributed by atoms with van der Waals surface area (Å²) in [7, 11) is 1.71. The van der Waals surface area contributed by atoms with Gasteiger partial charge in [0.15, 0.2) is 0 Å². The molecule has 0 saturated heterocycles. The standard InChI is InChI=1S/C5H10OTe/c1-4(2)5(7)6-3/h4H,1-3H3. The zero-order chi connectivity index (χ0) is 5.86. The Morgan fingerprint density at radius 3 is 2.00 bits per heavy atom. The van der Waals surface area contributed by atoms with Gasteiger partial charge in [-0.25, -0.2) is 0 Å². The van der Waals surface area contributed by atoms with Crippen molar-refractivity contribution >= 4 is 25.6 Å². The summed E-state index contributed by atoms with van der Waals surface area (Å²) in [6, 6.07) is 0. The SMILES string of the molecule is COC(=[Te])C(C)C. The molecule has 1 nitrogen and oxygen atoms in total. The van der Waals surface area contributed by atoms with Crippen LogP contribution in [0.15, 0.2) is 0 Å². The summed E-state index contributed by atoms with van der Waals surface area (Å²) in [5.41, 5.74) is 0. The van der Waals surface area contributed by atoms with E-state index in [9.17, 15) is 0 Å². The zero-order valence-corrected chi connectivity index (χ0v) is 7.22. The van der Waals surface area contributed by atoms with E-state index >= 15 is 0 Å². The Morgan fingerprint density at radius 2 is 2.00 bits per heavy atom. The van der Waals surface area contributed by atoms with E-state index in [0.29, 0.717) is 5.92 Å². The fourth-order valence-electron chi connectivity index (χ4n) is 0.236. The second-order valence-corrected chi connectivity index (χ2v) is 2.83. The molecule has 0 bridgehead atoms. The number of ether oxygens (including phenoxy) is 1. The molecule has 0 heterocycles. The summed E-state index contributed by atoms with van der Waals surface area (Å²) in [4.78, 5) is 0. The van der Waals surface area contributed by atoms with E-state index in [-0.39, 0.29) is 0 Å². The number of hydrogen-bond acceptors (Lipinski definition) is 1. The van der Waals surface area contributed by atoms with E-state index in [1.165, 1.54) is 0 Å². The molecule has 0 aliphatic rings. The molecule has 0 saturated carbocycles. The summed E-state index contributed by atoms with van der Waals surface area (Å²) in [6.45, 7) is 4.22. The molecule has 0 aliphatic carbocycles. The van der Waals surface area contributed by atoms with Gasteiger partial charge in [-0.15, -0.1) is 0 Å². The van der Waals surface area contributed by atoms with Gasteiger partial charge in [0.05, 0.1) is 0 Å². The molecule has 0 aromatic heterocycles. The van der Waals surface area contributed by atoms with Crippen LogP contribution in [-0.4, -0.2) is 32.7 Å². The second-order valence-electron chi connectivity index (χ2n) is 1.68. The van der Waals surface area contributed by atoms with Crippen molar-refractivity contribution in [1.82, 2.24) is 0 Å². The minimum atomic E-state index is 0.565. The van der Waals surface area contributed by atoms with E-state index in [0.717, 1.165) is 3.74 Å². The molecule has 0 aromatic carbocycles. The monoisotopic (exact) mass is 216 g/mol. The topological polar surface area (TPSA) is 9.23 Å². The van der Waals surface area contributed by atoms with Crippen LogP contribution in [0.1, 0.15) is 13.8 Å². The van der Waals surface area contributed by atoms with Crippen molar-refractivity contribution < 1.29 is 4.74 Å². The first kappa shape index (κ1) is 7.46. The number of rotatable bonds is 2. The molecule has 0 unspecified atom stereocenters. The maximum absolute atomic E-state index is 4.93.